The molecule has 0 atom stereocenters. The molecule has 0 saturated heterocycles. The molecule has 0 aromatic heterocycles. The number of benzene rings is 1. The van der Waals surface area contributed by atoms with Crippen molar-refractivity contribution in [3.05, 3.63) is 24.3 Å². The third kappa shape index (κ3) is 5.11. The molecule has 16 heavy (non-hydrogen) atoms. The van der Waals surface area contributed by atoms with Gasteiger partial charge in [-0.25, -0.2) is 0 Å². The van der Waals surface area contributed by atoms with Gasteiger partial charge in [0.25, 0.3) is 10.1 Å². The van der Waals surface area contributed by atoms with Gasteiger partial charge in [-0.05, 0) is 24.3 Å². The van der Waals surface area contributed by atoms with Crippen molar-refractivity contribution in [3.63, 3.8) is 0 Å². The van der Waals surface area contributed by atoms with Crippen LogP contribution in [0.3, 0.4) is 0 Å². The molecular formula is C8H9INNaO4S. The van der Waals surface area contributed by atoms with Gasteiger partial charge < -0.3 is 6.74 Å². The molecule has 1 rings (SSSR count). The minimum atomic E-state index is -4.17. The number of anilines is 1. The van der Waals surface area contributed by atoms with E-state index in [1.807, 2.05) is 22.6 Å². The monoisotopic (exact) mass is 365 g/mol. The van der Waals surface area contributed by atoms with Crippen LogP contribution in [0.15, 0.2) is 29.2 Å². The van der Waals surface area contributed by atoms with Crippen molar-refractivity contribution in [1.82, 2.24) is 0 Å². The Balaban J connectivity index is 0. The SMILES string of the molecule is O=C(CI)Nc1ccc(S(=O)(=O)O)cc1.[H-].[Na+]. The van der Waals surface area contributed by atoms with Crippen molar-refractivity contribution < 1.29 is 48.7 Å². The molecule has 0 spiro atoms. The van der Waals surface area contributed by atoms with Crippen LogP contribution in [-0.2, 0) is 14.9 Å². The van der Waals surface area contributed by atoms with Gasteiger partial charge in [-0.15, -0.1) is 0 Å². The second-order valence-corrected chi connectivity index (χ2v) is 4.87. The van der Waals surface area contributed by atoms with Crippen molar-refractivity contribution >= 4 is 44.3 Å². The Kier molecular flexibility index (Phi) is 7.06. The predicted molar refractivity (Wildman–Crippen MR) is 64.9 cm³/mol. The quantitative estimate of drug-likeness (QED) is 0.293. The number of halogens is 1. The molecule has 0 fully saturated rings. The van der Waals surface area contributed by atoms with Crippen molar-refractivity contribution in [3.8, 4) is 0 Å². The van der Waals surface area contributed by atoms with Gasteiger partial charge in [-0.3, -0.25) is 9.35 Å². The Labute approximate surface area is 131 Å². The summed E-state index contributed by atoms with van der Waals surface area (Å²) in [5.41, 5.74) is 0.490. The van der Waals surface area contributed by atoms with E-state index in [1.165, 1.54) is 24.3 Å². The minimum absolute atomic E-state index is 0. The standard InChI is InChI=1S/C8H8INO4S.Na.H/c9-5-8(11)10-6-1-3-7(4-2-6)15(12,13)14;;/h1-4H,5H2,(H,10,11)(H,12,13,14);;/q;+1;-1. The van der Waals surface area contributed by atoms with Gasteiger partial charge in [0.2, 0.25) is 5.91 Å². The number of alkyl halides is 1. The van der Waals surface area contributed by atoms with E-state index in [0.29, 0.717) is 10.1 Å². The second-order valence-electron chi connectivity index (χ2n) is 2.68. The van der Waals surface area contributed by atoms with E-state index in [-0.39, 0.29) is 41.8 Å². The van der Waals surface area contributed by atoms with Crippen LogP contribution in [0, 0.1) is 0 Å². The largest absolute Gasteiger partial charge is 1.00 e. The third-order valence-electron chi connectivity index (χ3n) is 1.56. The van der Waals surface area contributed by atoms with E-state index in [1.54, 1.807) is 0 Å². The van der Waals surface area contributed by atoms with Crippen LogP contribution in [-0.4, -0.2) is 23.3 Å². The molecule has 1 aromatic rings. The summed E-state index contributed by atoms with van der Waals surface area (Å²) in [5.74, 6) is -0.171. The van der Waals surface area contributed by atoms with Gasteiger partial charge in [0.15, 0.2) is 0 Å². The third-order valence-corrected chi connectivity index (χ3v) is 3.12. The normalized spacial score (nSPS) is 10.4. The van der Waals surface area contributed by atoms with Crippen LogP contribution in [0.2, 0.25) is 0 Å². The van der Waals surface area contributed by atoms with Gasteiger partial charge in [0.05, 0.1) is 9.32 Å². The average Bonchev–Trinajstić information content (AvgIpc) is 2.17. The summed E-state index contributed by atoms with van der Waals surface area (Å²) in [6.45, 7) is 0. The maximum absolute atomic E-state index is 11.0. The van der Waals surface area contributed by atoms with Crippen molar-refractivity contribution in [1.29, 1.82) is 0 Å². The summed E-state index contributed by atoms with van der Waals surface area (Å²) in [6.07, 6.45) is 0. The van der Waals surface area contributed by atoms with Crippen LogP contribution in [0.1, 0.15) is 1.43 Å². The number of rotatable bonds is 3. The van der Waals surface area contributed by atoms with Crippen LogP contribution in [0.4, 0.5) is 5.69 Å². The molecule has 2 N–H and O–H groups in total. The second kappa shape index (κ2) is 6.92. The summed E-state index contributed by atoms with van der Waals surface area (Å²) in [4.78, 5) is 10.8. The van der Waals surface area contributed by atoms with E-state index in [4.69, 9.17) is 4.55 Å². The van der Waals surface area contributed by atoms with Gasteiger partial charge in [0.1, 0.15) is 0 Å². The summed E-state index contributed by atoms with van der Waals surface area (Å²) in [6, 6.07) is 5.26. The van der Waals surface area contributed by atoms with Crippen LogP contribution < -0.4 is 34.9 Å². The summed E-state index contributed by atoms with van der Waals surface area (Å²) >= 11 is 1.91. The van der Waals surface area contributed by atoms with Crippen LogP contribution >= 0.6 is 22.6 Å². The molecule has 0 bridgehead atoms. The first-order valence-corrected chi connectivity index (χ1v) is 6.83. The molecule has 0 aliphatic carbocycles. The Morgan fingerprint density at radius 3 is 2.25 bits per heavy atom. The maximum atomic E-state index is 11.0. The fourth-order valence-electron chi connectivity index (χ4n) is 0.905. The predicted octanol–water partition coefficient (Wildman–Crippen LogP) is -1.58. The van der Waals surface area contributed by atoms with Crippen molar-refractivity contribution in [2.45, 2.75) is 4.90 Å². The van der Waals surface area contributed by atoms with Gasteiger partial charge in [-0.2, -0.15) is 8.42 Å². The molecule has 0 heterocycles. The molecule has 1 amide bonds. The minimum Gasteiger partial charge on any atom is -1.00 e. The van der Waals surface area contributed by atoms with E-state index in [0.717, 1.165) is 0 Å². The number of amides is 1. The summed E-state index contributed by atoms with van der Waals surface area (Å²) in [5, 5.41) is 2.55. The summed E-state index contributed by atoms with van der Waals surface area (Å²) < 4.78 is 30.4. The molecule has 1 aromatic carbocycles. The van der Waals surface area contributed by atoms with Gasteiger partial charge in [-0.1, -0.05) is 22.6 Å². The smallest absolute Gasteiger partial charge is 1.00 e. The fraction of sp³-hybridized carbons (Fsp3) is 0.125. The topological polar surface area (TPSA) is 83.5 Å². The zero-order valence-corrected chi connectivity index (χ0v) is 13.4. The number of hydrogen-bond acceptors (Lipinski definition) is 3. The molecule has 0 radical (unpaired) electrons. The van der Waals surface area contributed by atoms with E-state index in [9.17, 15) is 13.2 Å². The zero-order valence-electron chi connectivity index (χ0n) is 9.47. The van der Waals surface area contributed by atoms with E-state index < -0.39 is 10.1 Å². The molecular weight excluding hydrogens is 356 g/mol. The number of hydrogen-bond donors (Lipinski definition) is 2. The molecule has 5 nitrogen and oxygen atoms in total. The number of carbonyl (C=O) groups excluding carboxylic acids is 1. The zero-order chi connectivity index (χ0) is 11.5. The Morgan fingerprint density at radius 1 is 1.38 bits per heavy atom. The first kappa shape index (κ1) is 16.3. The van der Waals surface area contributed by atoms with E-state index in [2.05, 4.69) is 5.32 Å². The molecule has 0 saturated carbocycles. The maximum Gasteiger partial charge on any atom is 1.00 e. The first-order valence-electron chi connectivity index (χ1n) is 3.87. The number of nitrogens with one attached hydrogen (secondary N) is 1. The van der Waals surface area contributed by atoms with E-state index >= 15 is 0 Å². The first-order chi connectivity index (χ1) is 6.93. The average molecular weight is 365 g/mol. The van der Waals surface area contributed by atoms with Gasteiger partial charge in [0, 0.05) is 5.69 Å². The van der Waals surface area contributed by atoms with Crippen molar-refractivity contribution in [2.24, 2.45) is 0 Å². The molecule has 0 aliphatic heterocycles. The van der Waals surface area contributed by atoms with Crippen molar-refractivity contribution in [2.75, 3.05) is 9.74 Å². The molecule has 84 valence electrons. The number of carbonyl (C=O) groups is 1. The molecule has 0 aliphatic rings. The summed E-state index contributed by atoms with van der Waals surface area (Å²) in [7, 11) is -4.17. The molecule has 0 unspecified atom stereocenters. The van der Waals surface area contributed by atoms with Crippen LogP contribution in [0.5, 0.6) is 0 Å². The molecule has 8 heteroatoms. The Hall–Kier alpha value is 0.330. The Bertz CT molecular complexity index is 465. The van der Waals surface area contributed by atoms with Crippen LogP contribution in [0.25, 0.3) is 0 Å². The van der Waals surface area contributed by atoms with Gasteiger partial charge >= 0.3 is 29.6 Å². The Morgan fingerprint density at radius 2 is 1.88 bits per heavy atom. The fourth-order valence-corrected chi connectivity index (χ4v) is 1.58.